The van der Waals surface area contributed by atoms with E-state index in [1.165, 1.54) is 18.5 Å². The number of aryl methyl sites for hydroxylation is 2. The summed E-state index contributed by atoms with van der Waals surface area (Å²) in [7, 11) is 2.05. The average molecular weight is 332 g/mol. The molecule has 1 aliphatic heterocycles. The van der Waals surface area contributed by atoms with Gasteiger partial charge in [0, 0.05) is 36.9 Å². The first kappa shape index (κ1) is 18.8. The van der Waals surface area contributed by atoms with Gasteiger partial charge in [0.2, 0.25) is 5.91 Å². The maximum absolute atomic E-state index is 12.3. The fourth-order valence-electron chi connectivity index (χ4n) is 3.41. The molecule has 24 heavy (non-hydrogen) atoms. The Labute approximate surface area is 147 Å². The van der Waals surface area contributed by atoms with Crippen LogP contribution in [0.1, 0.15) is 51.2 Å². The Bertz CT molecular complexity index is 558. The highest BCUT2D eigenvalue weighted by Gasteiger charge is 2.20. The second-order valence-corrected chi connectivity index (χ2v) is 8.29. The highest BCUT2D eigenvalue weighted by molar-refractivity contribution is 5.93. The van der Waals surface area contributed by atoms with Crippen molar-refractivity contribution in [1.82, 2.24) is 5.32 Å². The van der Waals surface area contributed by atoms with Crippen molar-refractivity contribution in [3.05, 3.63) is 23.3 Å². The van der Waals surface area contributed by atoms with E-state index in [4.69, 9.17) is 0 Å². The van der Waals surface area contributed by atoms with Crippen LogP contribution in [-0.4, -0.2) is 32.1 Å². The second kappa shape index (κ2) is 7.56. The van der Waals surface area contributed by atoms with Crippen molar-refractivity contribution in [3.63, 3.8) is 0 Å². The van der Waals surface area contributed by atoms with Crippen LogP contribution in [0, 0.1) is 19.3 Å². The lowest BCUT2D eigenvalue weighted by Crippen LogP contribution is -2.41. The van der Waals surface area contributed by atoms with Crippen molar-refractivity contribution in [2.75, 3.05) is 30.4 Å². The first-order valence-electron chi connectivity index (χ1n) is 9.03. The molecule has 0 aliphatic carbocycles. The average Bonchev–Trinajstić information content (AvgIpc) is 2.49. The van der Waals surface area contributed by atoms with Crippen molar-refractivity contribution in [3.8, 4) is 0 Å². The fourth-order valence-corrected chi connectivity index (χ4v) is 3.41. The molecule has 1 heterocycles. The van der Waals surface area contributed by atoms with Crippen LogP contribution in [-0.2, 0) is 4.79 Å². The summed E-state index contributed by atoms with van der Waals surface area (Å²) < 4.78 is 0. The predicted molar refractivity (Wildman–Crippen MR) is 103 cm³/mol. The van der Waals surface area contributed by atoms with Gasteiger partial charge in [-0.1, -0.05) is 20.8 Å². The molecule has 134 valence electrons. The zero-order valence-electron chi connectivity index (χ0n) is 16.1. The number of piperidine rings is 1. The molecule has 1 aromatic rings. The van der Waals surface area contributed by atoms with E-state index < -0.39 is 0 Å². The van der Waals surface area contributed by atoms with Gasteiger partial charge in [-0.3, -0.25) is 4.79 Å². The number of carbonyl (C=O) groups is 1. The third-order valence-corrected chi connectivity index (χ3v) is 4.74. The lowest BCUT2D eigenvalue weighted by Gasteiger charge is -2.34. The summed E-state index contributed by atoms with van der Waals surface area (Å²) in [6, 6.07) is 5.05. The van der Waals surface area contributed by atoms with Gasteiger partial charge in [0.25, 0.3) is 0 Å². The molecule has 0 saturated carbocycles. The largest absolute Gasteiger partial charge is 0.371 e. The first-order chi connectivity index (χ1) is 11.2. The molecule has 0 radical (unpaired) electrons. The van der Waals surface area contributed by atoms with Gasteiger partial charge in [-0.15, -0.1) is 0 Å². The fraction of sp³-hybridized carbons (Fsp3) is 0.650. The normalized spacial score (nSPS) is 16.3. The topological polar surface area (TPSA) is 44.4 Å². The lowest BCUT2D eigenvalue weighted by molar-refractivity contribution is -0.117. The van der Waals surface area contributed by atoms with Crippen molar-refractivity contribution in [2.45, 2.75) is 59.9 Å². The first-order valence-corrected chi connectivity index (χ1v) is 9.03. The van der Waals surface area contributed by atoms with Crippen molar-refractivity contribution in [1.29, 1.82) is 0 Å². The number of amides is 1. The summed E-state index contributed by atoms with van der Waals surface area (Å²) in [6.45, 7) is 12.6. The summed E-state index contributed by atoms with van der Waals surface area (Å²) >= 11 is 0. The minimum atomic E-state index is 0.00346. The van der Waals surface area contributed by atoms with Gasteiger partial charge < -0.3 is 15.5 Å². The van der Waals surface area contributed by atoms with Crippen molar-refractivity contribution < 1.29 is 4.79 Å². The van der Waals surface area contributed by atoms with Crippen LogP contribution in [0.25, 0.3) is 0 Å². The number of nitrogens with one attached hydrogen (secondary N) is 2. The summed E-state index contributed by atoms with van der Waals surface area (Å²) in [5.74, 6) is 0.0938. The van der Waals surface area contributed by atoms with Crippen molar-refractivity contribution >= 4 is 17.3 Å². The van der Waals surface area contributed by atoms with Gasteiger partial charge in [0.05, 0.1) is 0 Å². The van der Waals surface area contributed by atoms with Gasteiger partial charge in [0.15, 0.2) is 0 Å². The Morgan fingerprint density at radius 2 is 1.71 bits per heavy atom. The Kier molecular flexibility index (Phi) is 5.92. The molecule has 0 aromatic heterocycles. The number of rotatable bonds is 4. The number of benzene rings is 1. The molecule has 0 unspecified atom stereocenters. The minimum Gasteiger partial charge on any atom is -0.371 e. The smallest absolute Gasteiger partial charge is 0.224 e. The van der Waals surface area contributed by atoms with E-state index in [-0.39, 0.29) is 11.3 Å². The van der Waals surface area contributed by atoms with E-state index >= 15 is 0 Å². The molecule has 0 atom stereocenters. The summed E-state index contributed by atoms with van der Waals surface area (Å²) in [5, 5.41) is 6.49. The summed E-state index contributed by atoms with van der Waals surface area (Å²) in [6.07, 6.45) is 2.89. The van der Waals surface area contributed by atoms with Crippen LogP contribution < -0.4 is 15.5 Å². The molecule has 2 rings (SSSR count). The Morgan fingerprint density at radius 3 is 2.17 bits per heavy atom. The second-order valence-electron chi connectivity index (χ2n) is 8.29. The maximum atomic E-state index is 12.3. The van der Waals surface area contributed by atoms with Gasteiger partial charge in [-0.05, 0) is 62.4 Å². The van der Waals surface area contributed by atoms with Crippen molar-refractivity contribution in [2.24, 2.45) is 5.41 Å². The van der Waals surface area contributed by atoms with E-state index in [1.54, 1.807) is 0 Å². The number of hydrogen-bond acceptors (Lipinski definition) is 3. The maximum Gasteiger partial charge on any atom is 0.224 e. The van der Waals surface area contributed by atoms with Crippen LogP contribution in [0.2, 0.25) is 0 Å². The quantitative estimate of drug-likeness (QED) is 0.880. The summed E-state index contributed by atoms with van der Waals surface area (Å²) in [4.78, 5) is 14.7. The number of carbonyl (C=O) groups excluding carboxylic acids is 1. The highest BCUT2D eigenvalue weighted by Crippen LogP contribution is 2.30. The molecule has 2 N–H and O–H groups in total. The van der Waals surface area contributed by atoms with E-state index in [9.17, 15) is 4.79 Å². The highest BCUT2D eigenvalue weighted by atomic mass is 16.1. The van der Waals surface area contributed by atoms with Crippen LogP contribution in [0.15, 0.2) is 12.1 Å². The molecule has 1 aliphatic rings. The predicted octanol–water partition coefficient (Wildman–Crippen LogP) is 3.87. The van der Waals surface area contributed by atoms with E-state index in [2.05, 4.69) is 62.3 Å². The molecule has 4 nitrogen and oxygen atoms in total. The molecule has 1 aromatic carbocycles. The number of anilines is 2. The number of nitrogens with zero attached hydrogens (tertiary/aromatic N) is 1. The molecule has 1 saturated heterocycles. The third kappa shape index (κ3) is 4.97. The van der Waals surface area contributed by atoms with E-state index in [0.717, 1.165) is 29.9 Å². The monoisotopic (exact) mass is 331 g/mol. The van der Waals surface area contributed by atoms with E-state index in [0.29, 0.717) is 12.5 Å². The molecule has 1 fully saturated rings. The Balaban J connectivity index is 2.10. The molecule has 1 amide bonds. The third-order valence-electron chi connectivity index (χ3n) is 4.74. The van der Waals surface area contributed by atoms with Crippen LogP contribution in [0.4, 0.5) is 11.4 Å². The number of hydrogen-bond donors (Lipinski definition) is 2. The zero-order valence-corrected chi connectivity index (χ0v) is 16.1. The Morgan fingerprint density at radius 1 is 1.17 bits per heavy atom. The van der Waals surface area contributed by atoms with Crippen LogP contribution >= 0.6 is 0 Å². The zero-order chi connectivity index (χ0) is 17.9. The molecular weight excluding hydrogens is 298 g/mol. The van der Waals surface area contributed by atoms with Crippen LogP contribution in [0.3, 0.4) is 0 Å². The standard InChI is InChI=1S/C20H33N3O/c1-14-11-17(23-9-7-16(21-6)8-10-23)12-15(2)19(14)22-18(24)13-20(3,4)5/h11-12,16,21H,7-10,13H2,1-6H3,(H,22,24). The van der Waals surface area contributed by atoms with Gasteiger partial charge >= 0.3 is 0 Å². The molecular formula is C20H33N3O. The Hall–Kier alpha value is -1.55. The van der Waals surface area contributed by atoms with E-state index in [1.807, 2.05) is 7.05 Å². The molecule has 4 heteroatoms. The summed E-state index contributed by atoms with van der Waals surface area (Å²) in [5.41, 5.74) is 4.53. The van der Waals surface area contributed by atoms with Gasteiger partial charge in [-0.2, -0.15) is 0 Å². The minimum absolute atomic E-state index is 0.00346. The molecule has 0 bridgehead atoms. The van der Waals surface area contributed by atoms with Gasteiger partial charge in [0.1, 0.15) is 0 Å². The van der Waals surface area contributed by atoms with Crippen LogP contribution in [0.5, 0.6) is 0 Å². The SMILES string of the molecule is CNC1CCN(c2cc(C)c(NC(=O)CC(C)(C)C)c(C)c2)CC1. The molecule has 0 spiro atoms. The lowest BCUT2D eigenvalue weighted by atomic mass is 9.92. The van der Waals surface area contributed by atoms with Gasteiger partial charge in [-0.25, -0.2) is 0 Å².